The van der Waals surface area contributed by atoms with Crippen LogP contribution in [-0.2, 0) is 39.8 Å². The standard InChI is InChI=1S/C54H86N2O2P2.C2H2O4.CH3.Cr/c1-39-33-41(27-23-25-31-59(49(3,4)5,50(6,7)8)51(9,10)11)35-43(47(39)57)37-55-45-29-21-22-30-46(45)56-38-44-36-42(34-40(2)48(44)58)28-24-26-32-60(52(12,13)14,53(15,16)17)54(18,19)20;3-1(4)2(5)6;;/h21-22,29-30,33-38H,23-28,31-32H2,1-20H3;(H,3,4)(H,5,6);1H3;/q;;-1;/p+2. The second kappa shape index (κ2) is 24.9. The fraction of sp³-hybridized carbons (Fsp3) is 0.596. The van der Waals surface area contributed by atoms with Crippen LogP contribution in [0.15, 0.2) is 58.5 Å². The molecule has 3 aromatic rings. The van der Waals surface area contributed by atoms with Gasteiger partial charge in [0.1, 0.15) is 11.5 Å². The quantitative estimate of drug-likeness (QED) is 0.0417. The van der Waals surface area contributed by atoms with E-state index in [0.717, 1.165) is 47.9 Å². The average Bonchev–Trinajstić information content (AvgIpc) is 3.13. The van der Waals surface area contributed by atoms with Crippen molar-refractivity contribution in [3.63, 3.8) is 0 Å². The number of rotatable bonds is 14. The molecule has 0 bridgehead atoms. The van der Waals surface area contributed by atoms with E-state index in [1.807, 2.05) is 38.1 Å². The Labute approximate surface area is 426 Å². The summed E-state index contributed by atoms with van der Waals surface area (Å²) in [7, 11) is -2.78. The number of aliphatic imine (C=N–C) groups is 2. The van der Waals surface area contributed by atoms with Crippen LogP contribution in [0.4, 0.5) is 11.4 Å². The fourth-order valence-corrected chi connectivity index (χ4v) is 30.1. The molecule has 0 aromatic heterocycles. The SMILES string of the molecule is Cc1cc(CCCC[P+](C(C)(C)C)(C(C)(C)C)C(C)(C)C)cc(C=Nc2ccccc2N=Cc2cc(CCCC[P+](C(C)(C)C)(C(C)(C)C)C(C)(C)C)cc(C)c2O)c1O.O=C(O)C(=O)O.[CH3-].[Cr]. The number of phenols is 2. The van der Waals surface area contributed by atoms with E-state index in [-0.39, 0.29) is 67.2 Å². The summed E-state index contributed by atoms with van der Waals surface area (Å²) in [5.74, 6) is -3.12. The molecule has 0 spiro atoms. The van der Waals surface area contributed by atoms with Crippen LogP contribution in [0.2, 0.25) is 0 Å². The van der Waals surface area contributed by atoms with Crippen molar-refractivity contribution in [2.45, 2.75) is 208 Å². The van der Waals surface area contributed by atoms with E-state index in [9.17, 15) is 10.2 Å². The molecule has 0 atom stereocenters. The maximum absolute atomic E-state index is 11.1. The Morgan fingerprint density at radius 1 is 0.500 bits per heavy atom. The summed E-state index contributed by atoms with van der Waals surface area (Å²) >= 11 is 0. The van der Waals surface area contributed by atoms with Crippen molar-refractivity contribution in [2.75, 3.05) is 12.3 Å². The number of aryl methyl sites for hydroxylation is 4. The number of carboxylic acids is 2. The summed E-state index contributed by atoms with van der Waals surface area (Å²) < 4.78 is 0. The van der Waals surface area contributed by atoms with Gasteiger partial charge in [-0.1, -0.05) is 24.3 Å². The minimum Gasteiger partial charge on any atom is -0.507 e. The second-order valence-corrected chi connectivity index (χ2v) is 36.5. The van der Waals surface area contributed by atoms with Crippen molar-refractivity contribution in [2.24, 2.45) is 9.98 Å². The van der Waals surface area contributed by atoms with Gasteiger partial charge in [0, 0.05) is 55.4 Å². The molecule has 0 radical (unpaired) electrons. The molecule has 8 nitrogen and oxygen atoms in total. The summed E-state index contributed by atoms with van der Waals surface area (Å²) in [5, 5.41) is 38.7. The Morgan fingerprint density at radius 2 is 0.765 bits per heavy atom. The Balaban J connectivity index is 0.00000525. The molecule has 0 aliphatic heterocycles. The van der Waals surface area contributed by atoms with Crippen molar-refractivity contribution < 1.29 is 47.4 Å². The molecule has 11 heteroatoms. The number of para-hydroxylation sites is 2. The van der Waals surface area contributed by atoms with Crippen LogP contribution >= 0.6 is 14.5 Å². The van der Waals surface area contributed by atoms with Crippen molar-refractivity contribution >= 4 is 50.3 Å². The number of unbranched alkanes of at least 4 members (excludes halogenated alkanes) is 2. The van der Waals surface area contributed by atoms with Crippen LogP contribution in [0.3, 0.4) is 0 Å². The molecule has 0 saturated carbocycles. The topological polar surface area (TPSA) is 140 Å². The molecule has 68 heavy (non-hydrogen) atoms. The summed E-state index contributed by atoms with van der Waals surface area (Å²) in [6.07, 6.45) is 12.7. The molecular weight excluding hydrogens is 923 g/mol. The Hall–Kier alpha value is -3.07. The summed E-state index contributed by atoms with van der Waals surface area (Å²) in [5.41, 5.74) is 7.05. The second-order valence-electron chi connectivity index (χ2n) is 24.3. The zero-order chi connectivity index (χ0) is 51.1. The van der Waals surface area contributed by atoms with Crippen molar-refractivity contribution in [1.29, 1.82) is 0 Å². The monoisotopic (exact) mass is 1020 g/mol. The number of hydrogen-bond donors (Lipinski definition) is 4. The number of benzene rings is 3. The fourth-order valence-electron chi connectivity index (χ4n) is 12.6. The van der Waals surface area contributed by atoms with Gasteiger partial charge in [0.05, 0.1) is 54.6 Å². The van der Waals surface area contributed by atoms with Crippen LogP contribution in [0.1, 0.15) is 184 Å². The maximum atomic E-state index is 11.1. The van der Waals surface area contributed by atoms with Crippen molar-refractivity contribution in [1.82, 2.24) is 0 Å². The smallest absolute Gasteiger partial charge is 0.414 e. The first-order chi connectivity index (χ1) is 29.9. The Bertz CT molecular complexity index is 1960. The predicted molar refractivity (Wildman–Crippen MR) is 296 cm³/mol. The average molecular weight is 1020 g/mol. The minimum absolute atomic E-state index is 0. The molecule has 0 aliphatic rings. The Kier molecular flexibility index (Phi) is 23.7. The van der Waals surface area contributed by atoms with Gasteiger partial charge in [-0.2, -0.15) is 0 Å². The van der Waals surface area contributed by atoms with Gasteiger partial charge in [-0.3, -0.25) is 9.98 Å². The van der Waals surface area contributed by atoms with E-state index in [4.69, 9.17) is 29.8 Å². The number of hydrogen-bond acceptors (Lipinski definition) is 6. The predicted octanol–water partition coefficient (Wildman–Crippen LogP) is 16.3. The van der Waals surface area contributed by atoms with Crippen molar-refractivity contribution in [3.05, 3.63) is 89.3 Å². The molecule has 0 unspecified atom stereocenters. The van der Waals surface area contributed by atoms with E-state index in [2.05, 4.69) is 149 Å². The van der Waals surface area contributed by atoms with Crippen LogP contribution in [0.5, 0.6) is 11.5 Å². The largest absolute Gasteiger partial charge is 0.507 e. The van der Waals surface area contributed by atoms with E-state index in [1.165, 1.54) is 36.3 Å². The zero-order valence-corrected chi connectivity index (χ0v) is 49.3. The molecule has 0 amide bonds. The number of aliphatic carboxylic acids is 2. The molecule has 0 saturated heterocycles. The Morgan fingerprint density at radius 3 is 1.00 bits per heavy atom. The molecule has 3 rings (SSSR count). The number of aromatic hydroxyl groups is 2. The first-order valence-corrected chi connectivity index (χ1v) is 27.9. The van der Waals surface area contributed by atoms with Crippen LogP contribution in [0, 0.1) is 21.3 Å². The third-order valence-electron chi connectivity index (χ3n) is 13.8. The molecule has 0 fully saturated rings. The van der Waals surface area contributed by atoms with Gasteiger partial charge in [-0.05, 0) is 224 Å². The summed E-state index contributed by atoms with van der Waals surface area (Å²) in [6, 6.07) is 16.3. The number of carbonyl (C=O) groups is 2. The van der Waals surface area contributed by atoms with Gasteiger partial charge in [-0.25, -0.2) is 9.59 Å². The molecule has 382 valence electrons. The van der Waals surface area contributed by atoms with Gasteiger partial charge in [0.25, 0.3) is 0 Å². The maximum Gasteiger partial charge on any atom is 0.414 e. The van der Waals surface area contributed by atoms with Gasteiger partial charge in [0.15, 0.2) is 0 Å². The minimum atomic E-state index is -1.82. The zero-order valence-electron chi connectivity index (χ0n) is 46.2. The first kappa shape index (κ1) is 64.9. The molecule has 0 aliphatic carbocycles. The van der Waals surface area contributed by atoms with Gasteiger partial charge in [0.2, 0.25) is 0 Å². The first-order valence-electron chi connectivity index (χ1n) is 23.9. The molecule has 0 heterocycles. The van der Waals surface area contributed by atoms with Gasteiger partial charge in [-0.15, -0.1) is 0 Å². The van der Waals surface area contributed by atoms with Gasteiger partial charge >= 0.3 is 11.9 Å². The summed E-state index contributed by atoms with van der Waals surface area (Å²) in [4.78, 5) is 27.9. The molecular formula is C57H93CrN2O6P2+. The molecule has 4 N–H and O–H groups in total. The van der Waals surface area contributed by atoms with Gasteiger partial charge < -0.3 is 27.9 Å². The van der Waals surface area contributed by atoms with E-state index >= 15 is 0 Å². The third-order valence-corrected chi connectivity index (χ3v) is 29.5. The third kappa shape index (κ3) is 15.7. The van der Waals surface area contributed by atoms with Crippen LogP contribution < -0.4 is 0 Å². The van der Waals surface area contributed by atoms with E-state index < -0.39 is 26.5 Å². The summed E-state index contributed by atoms with van der Waals surface area (Å²) in [6.45, 7) is 48.4. The number of nitrogens with zero attached hydrogens (tertiary/aromatic N) is 2. The normalized spacial score (nSPS) is 13.2. The van der Waals surface area contributed by atoms with Crippen LogP contribution in [-0.4, -0.2) is 88.1 Å². The number of phenolic OH excluding ortho intramolecular Hbond substituents is 2. The van der Waals surface area contributed by atoms with E-state index in [1.54, 1.807) is 12.4 Å². The van der Waals surface area contributed by atoms with Crippen LogP contribution in [0.25, 0.3) is 0 Å². The molecule has 3 aromatic carbocycles. The van der Waals surface area contributed by atoms with Crippen molar-refractivity contribution in [3.8, 4) is 11.5 Å². The van der Waals surface area contributed by atoms with E-state index in [0.29, 0.717) is 11.4 Å². The number of carboxylic acid groups (broad SMARTS) is 2.